The van der Waals surface area contributed by atoms with Crippen molar-refractivity contribution >= 4 is 24.2 Å². The number of nitrogens with one attached hydrogen (secondary N) is 1. The summed E-state index contributed by atoms with van der Waals surface area (Å²) in [5.41, 5.74) is 6.85. The Morgan fingerprint density at radius 2 is 1.89 bits per heavy atom. The van der Waals surface area contributed by atoms with Gasteiger partial charge in [-0.1, -0.05) is 0 Å². The van der Waals surface area contributed by atoms with Crippen LogP contribution in [-0.2, 0) is 4.79 Å². The van der Waals surface area contributed by atoms with Crippen LogP contribution in [0.2, 0.25) is 0 Å². The lowest BCUT2D eigenvalue weighted by Crippen LogP contribution is -2.49. The summed E-state index contributed by atoms with van der Waals surface area (Å²) in [6.45, 7) is 3.35. The summed E-state index contributed by atoms with van der Waals surface area (Å²) in [5.74, 6) is 1.02. The standard InChI is InChI=1S/C19H29N3O4.ClH/c1-13-10-16(25-2)17(26-3)11-15(13)19(24)22-9-5-4-6-14(22)12-21-18(23)7-8-20;/h10-11,14H,4-9,12,20H2,1-3H3,(H,21,23);1H. The van der Waals surface area contributed by atoms with E-state index in [1.54, 1.807) is 20.3 Å². The Balaban J connectivity index is 0.00000364. The molecule has 27 heavy (non-hydrogen) atoms. The molecular weight excluding hydrogens is 370 g/mol. The van der Waals surface area contributed by atoms with Crippen molar-refractivity contribution in [3.05, 3.63) is 23.3 Å². The Bertz CT molecular complexity index is 654. The third kappa shape index (κ3) is 5.74. The maximum atomic E-state index is 13.2. The van der Waals surface area contributed by atoms with Gasteiger partial charge in [-0.2, -0.15) is 0 Å². The Labute approximate surface area is 167 Å². The van der Waals surface area contributed by atoms with E-state index < -0.39 is 0 Å². The number of nitrogens with zero attached hydrogens (tertiary/aromatic N) is 1. The Morgan fingerprint density at radius 1 is 1.22 bits per heavy atom. The quantitative estimate of drug-likeness (QED) is 0.730. The van der Waals surface area contributed by atoms with Gasteiger partial charge in [0.05, 0.1) is 14.2 Å². The second-order valence-corrected chi connectivity index (χ2v) is 6.51. The zero-order chi connectivity index (χ0) is 19.1. The molecule has 8 heteroatoms. The molecule has 0 bridgehead atoms. The van der Waals surface area contributed by atoms with Crippen LogP contribution in [-0.4, -0.2) is 56.6 Å². The van der Waals surface area contributed by atoms with E-state index in [0.29, 0.717) is 43.1 Å². The summed E-state index contributed by atoms with van der Waals surface area (Å²) in [5, 5.41) is 2.89. The van der Waals surface area contributed by atoms with E-state index in [9.17, 15) is 9.59 Å². The van der Waals surface area contributed by atoms with Crippen molar-refractivity contribution in [2.75, 3.05) is 33.9 Å². The highest BCUT2D eigenvalue weighted by atomic mass is 35.5. The molecule has 1 atom stereocenters. The first-order chi connectivity index (χ1) is 12.5. The first kappa shape index (κ1) is 23.0. The fourth-order valence-corrected chi connectivity index (χ4v) is 3.30. The molecule has 1 aromatic carbocycles. The van der Waals surface area contributed by atoms with Gasteiger partial charge in [0.15, 0.2) is 11.5 Å². The number of benzene rings is 1. The van der Waals surface area contributed by atoms with Crippen LogP contribution in [0.3, 0.4) is 0 Å². The van der Waals surface area contributed by atoms with Crippen LogP contribution in [0, 0.1) is 6.92 Å². The SMILES string of the molecule is COc1cc(C)c(C(=O)N2CCCCC2CNC(=O)CCN)cc1OC.Cl. The summed E-state index contributed by atoms with van der Waals surface area (Å²) >= 11 is 0. The van der Waals surface area contributed by atoms with Crippen molar-refractivity contribution in [1.82, 2.24) is 10.2 Å². The van der Waals surface area contributed by atoms with Crippen LogP contribution in [0.4, 0.5) is 0 Å². The van der Waals surface area contributed by atoms with Gasteiger partial charge in [0, 0.05) is 37.7 Å². The first-order valence-corrected chi connectivity index (χ1v) is 9.02. The number of carbonyl (C=O) groups excluding carboxylic acids is 2. The minimum absolute atomic E-state index is 0. The van der Waals surface area contributed by atoms with Gasteiger partial charge in [-0.05, 0) is 43.9 Å². The molecule has 2 rings (SSSR count). The number of carbonyl (C=O) groups is 2. The maximum absolute atomic E-state index is 13.2. The topological polar surface area (TPSA) is 93.9 Å². The predicted octanol–water partition coefficient (Wildman–Crippen LogP) is 1.89. The molecule has 0 saturated carbocycles. The number of nitrogens with two attached hydrogens (primary N) is 1. The molecule has 0 aliphatic carbocycles. The smallest absolute Gasteiger partial charge is 0.254 e. The molecule has 2 amide bonds. The second kappa shape index (κ2) is 11.0. The van der Waals surface area contributed by atoms with Crippen molar-refractivity contribution in [3.8, 4) is 11.5 Å². The number of aryl methyl sites for hydroxylation is 1. The molecule has 1 fully saturated rings. The molecule has 1 aromatic rings. The third-order valence-electron chi connectivity index (χ3n) is 4.76. The summed E-state index contributed by atoms with van der Waals surface area (Å²) < 4.78 is 10.6. The van der Waals surface area contributed by atoms with Gasteiger partial charge < -0.3 is 25.4 Å². The molecule has 1 saturated heterocycles. The van der Waals surface area contributed by atoms with Gasteiger partial charge in [0.2, 0.25) is 5.91 Å². The molecule has 0 radical (unpaired) electrons. The summed E-state index contributed by atoms with van der Waals surface area (Å²) in [7, 11) is 3.13. The molecule has 1 unspecified atom stereocenters. The van der Waals surface area contributed by atoms with Crippen LogP contribution in [0.15, 0.2) is 12.1 Å². The lowest BCUT2D eigenvalue weighted by molar-refractivity contribution is -0.121. The van der Waals surface area contributed by atoms with Gasteiger partial charge in [-0.15, -0.1) is 12.4 Å². The normalized spacial score (nSPS) is 16.3. The second-order valence-electron chi connectivity index (χ2n) is 6.51. The molecular formula is C19H30ClN3O4. The minimum atomic E-state index is -0.0761. The number of halogens is 1. The Morgan fingerprint density at radius 3 is 2.52 bits per heavy atom. The fraction of sp³-hybridized carbons (Fsp3) is 0.579. The highest BCUT2D eigenvalue weighted by Gasteiger charge is 2.29. The first-order valence-electron chi connectivity index (χ1n) is 9.02. The number of hydrogen-bond acceptors (Lipinski definition) is 5. The van der Waals surface area contributed by atoms with E-state index in [-0.39, 0.29) is 30.3 Å². The zero-order valence-corrected chi connectivity index (χ0v) is 17.1. The van der Waals surface area contributed by atoms with Crippen molar-refractivity contribution in [1.29, 1.82) is 0 Å². The van der Waals surface area contributed by atoms with Gasteiger partial charge >= 0.3 is 0 Å². The summed E-state index contributed by atoms with van der Waals surface area (Å²) in [4.78, 5) is 26.7. The molecule has 7 nitrogen and oxygen atoms in total. The van der Waals surface area contributed by atoms with E-state index in [1.807, 2.05) is 17.9 Å². The lowest BCUT2D eigenvalue weighted by Gasteiger charge is -2.36. The molecule has 3 N–H and O–H groups in total. The van der Waals surface area contributed by atoms with Crippen LogP contribution in [0.25, 0.3) is 0 Å². The Hall–Kier alpha value is -1.99. The van der Waals surface area contributed by atoms with Crippen LogP contribution in [0.1, 0.15) is 41.6 Å². The summed E-state index contributed by atoms with van der Waals surface area (Å²) in [6.07, 6.45) is 3.19. The number of amides is 2. The Kier molecular flexibility index (Phi) is 9.38. The van der Waals surface area contributed by atoms with E-state index in [2.05, 4.69) is 5.32 Å². The number of piperidine rings is 1. The number of rotatable bonds is 7. The highest BCUT2D eigenvalue weighted by molar-refractivity contribution is 5.96. The minimum Gasteiger partial charge on any atom is -0.493 e. The van der Waals surface area contributed by atoms with Crippen molar-refractivity contribution < 1.29 is 19.1 Å². The highest BCUT2D eigenvalue weighted by Crippen LogP contribution is 2.31. The van der Waals surface area contributed by atoms with Crippen molar-refractivity contribution in [2.45, 2.75) is 38.6 Å². The zero-order valence-electron chi connectivity index (χ0n) is 16.2. The molecule has 0 spiro atoms. The number of likely N-dealkylation sites (tertiary alicyclic amines) is 1. The number of hydrogen-bond donors (Lipinski definition) is 2. The molecule has 0 aromatic heterocycles. The molecule has 152 valence electrons. The van der Waals surface area contributed by atoms with Crippen molar-refractivity contribution in [2.24, 2.45) is 5.73 Å². The fourth-order valence-electron chi connectivity index (χ4n) is 3.30. The predicted molar refractivity (Wildman–Crippen MR) is 107 cm³/mol. The molecule has 1 aliphatic rings. The maximum Gasteiger partial charge on any atom is 0.254 e. The lowest BCUT2D eigenvalue weighted by atomic mass is 9.99. The van der Waals surface area contributed by atoms with Crippen LogP contribution in [0.5, 0.6) is 11.5 Å². The van der Waals surface area contributed by atoms with Gasteiger partial charge in [0.25, 0.3) is 5.91 Å². The number of methoxy groups -OCH3 is 2. The van der Waals surface area contributed by atoms with Gasteiger partial charge in [-0.25, -0.2) is 0 Å². The van der Waals surface area contributed by atoms with E-state index in [4.69, 9.17) is 15.2 Å². The van der Waals surface area contributed by atoms with Crippen molar-refractivity contribution in [3.63, 3.8) is 0 Å². The monoisotopic (exact) mass is 399 g/mol. The van der Waals surface area contributed by atoms with Gasteiger partial charge in [0.1, 0.15) is 0 Å². The largest absolute Gasteiger partial charge is 0.493 e. The van der Waals surface area contributed by atoms with E-state index in [0.717, 1.165) is 24.8 Å². The van der Waals surface area contributed by atoms with Gasteiger partial charge in [-0.3, -0.25) is 9.59 Å². The van der Waals surface area contributed by atoms with Crippen LogP contribution >= 0.6 is 12.4 Å². The molecule has 1 heterocycles. The molecule has 1 aliphatic heterocycles. The van der Waals surface area contributed by atoms with Crippen LogP contribution < -0.4 is 20.5 Å². The van der Waals surface area contributed by atoms with E-state index in [1.165, 1.54) is 0 Å². The summed E-state index contributed by atoms with van der Waals surface area (Å²) in [6, 6.07) is 3.54. The average molecular weight is 400 g/mol. The third-order valence-corrected chi connectivity index (χ3v) is 4.76. The number of ether oxygens (including phenoxy) is 2. The average Bonchev–Trinajstić information content (AvgIpc) is 2.66. The van der Waals surface area contributed by atoms with E-state index >= 15 is 0 Å².